The first-order chi connectivity index (χ1) is 12.8. The van der Waals surface area contributed by atoms with Gasteiger partial charge < -0.3 is 9.64 Å². The van der Waals surface area contributed by atoms with Gasteiger partial charge in [0.15, 0.2) is 11.5 Å². The van der Waals surface area contributed by atoms with E-state index in [0.717, 1.165) is 37.4 Å². The predicted octanol–water partition coefficient (Wildman–Crippen LogP) is 4.30. The third-order valence-corrected chi connectivity index (χ3v) is 5.47. The van der Waals surface area contributed by atoms with E-state index in [0.29, 0.717) is 29.8 Å². The maximum atomic E-state index is 6.67. The molecule has 2 aromatic heterocycles. The third-order valence-electron chi connectivity index (χ3n) is 5.11. The van der Waals surface area contributed by atoms with Gasteiger partial charge in [-0.2, -0.15) is 0 Å². The summed E-state index contributed by atoms with van der Waals surface area (Å²) in [5.41, 5.74) is 3.18. The monoisotopic (exact) mass is 370 g/mol. The second-order valence-corrected chi connectivity index (χ2v) is 7.01. The summed E-state index contributed by atoms with van der Waals surface area (Å²) in [7, 11) is 0. The fourth-order valence-corrected chi connectivity index (χ4v) is 3.99. The van der Waals surface area contributed by atoms with Crippen LogP contribution in [0.25, 0.3) is 5.65 Å². The van der Waals surface area contributed by atoms with Crippen LogP contribution in [0.2, 0.25) is 5.02 Å². The molecule has 0 bridgehead atoms. The van der Waals surface area contributed by atoms with Crippen LogP contribution in [0.15, 0.2) is 42.6 Å². The Morgan fingerprint density at radius 3 is 2.62 bits per heavy atom. The van der Waals surface area contributed by atoms with Crippen molar-refractivity contribution >= 4 is 22.9 Å². The Bertz CT molecular complexity index is 872. The number of hydrogen-bond acceptors (Lipinski definition) is 4. The molecular weight excluding hydrogens is 348 g/mol. The number of fused-ring (bicyclic) bond motifs is 1. The highest BCUT2D eigenvalue weighted by Crippen LogP contribution is 2.35. The molecule has 4 rings (SSSR count). The topological polar surface area (TPSA) is 42.7 Å². The van der Waals surface area contributed by atoms with Gasteiger partial charge in [0.25, 0.3) is 0 Å². The highest BCUT2D eigenvalue weighted by Gasteiger charge is 2.23. The second-order valence-electron chi connectivity index (χ2n) is 6.63. The average Bonchev–Trinajstić information content (AvgIpc) is 3.11. The van der Waals surface area contributed by atoms with E-state index in [2.05, 4.69) is 51.5 Å². The number of pyridine rings is 1. The number of nitrogens with zero attached hydrogens (tertiary/aromatic N) is 4. The van der Waals surface area contributed by atoms with Gasteiger partial charge in [0, 0.05) is 25.9 Å². The van der Waals surface area contributed by atoms with E-state index < -0.39 is 0 Å². The van der Waals surface area contributed by atoms with Crippen molar-refractivity contribution in [3.8, 4) is 0 Å². The maximum absolute atomic E-state index is 6.67. The lowest BCUT2D eigenvalue weighted by molar-refractivity contribution is 0.127. The standard InChI is InChI=1S/C20H23ClN4O/c1-2-26-14-18-22-23-20-19(21)17(10-13-25(18)20)24-11-8-16(9-12-24)15-6-4-3-5-7-15/h3-7,10,13,16H,2,8-9,11-12,14H2,1H3. The molecule has 3 heterocycles. The summed E-state index contributed by atoms with van der Waals surface area (Å²) in [6.07, 6.45) is 4.26. The minimum absolute atomic E-state index is 0.440. The molecule has 0 aliphatic carbocycles. The number of aromatic nitrogens is 3. The van der Waals surface area contributed by atoms with E-state index in [4.69, 9.17) is 16.3 Å². The zero-order valence-electron chi connectivity index (χ0n) is 14.9. The summed E-state index contributed by atoms with van der Waals surface area (Å²) in [6, 6.07) is 12.9. The summed E-state index contributed by atoms with van der Waals surface area (Å²) in [6.45, 7) is 5.05. The summed E-state index contributed by atoms with van der Waals surface area (Å²) in [5.74, 6) is 1.40. The molecule has 6 heteroatoms. The van der Waals surface area contributed by atoms with Crippen LogP contribution in [0.5, 0.6) is 0 Å². The molecule has 1 fully saturated rings. The Kier molecular flexibility index (Phi) is 5.09. The van der Waals surface area contributed by atoms with Crippen molar-refractivity contribution in [3.05, 3.63) is 59.0 Å². The Hall–Kier alpha value is -2.11. The van der Waals surface area contributed by atoms with Crippen LogP contribution in [0.4, 0.5) is 5.69 Å². The highest BCUT2D eigenvalue weighted by atomic mass is 35.5. The maximum Gasteiger partial charge on any atom is 0.181 e. The summed E-state index contributed by atoms with van der Waals surface area (Å²) < 4.78 is 7.36. The number of ether oxygens (including phenoxy) is 1. The summed E-state index contributed by atoms with van der Waals surface area (Å²) in [5, 5.41) is 9.15. The van der Waals surface area contributed by atoms with Gasteiger partial charge >= 0.3 is 0 Å². The quantitative estimate of drug-likeness (QED) is 0.671. The predicted molar refractivity (Wildman–Crippen MR) is 104 cm³/mol. The van der Waals surface area contributed by atoms with Gasteiger partial charge in [0.1, 0.15) is 11.6 Å². The number of hydrogen-bond donors (Lipinski definition) is 0. The van der Waals surface area contributed by atoms with Crippen LogP contribution in [-0.2, 0) is 11.3 Å². The summed E-state index contributed by atoms with van der Waals surface area (Å²) >= 11 is 6.67. The minimum Gasteiger partial charge on any atom is -0.374 e. The van der Waals surface area contributed by atoms with E-state index in [1.807, 2.05) is 17.5 Å². The molecular formula is C20H23ClN4O. The van der Waals surface area contributed by atoms with Gasteiger partial charge in [0.05, 0.1) is 5.69 Å². The first-order valence-corrected chi connectivity index (χ1v) is 9.55. The van der Waals surface area contributed by atoms with Crippen molar-refractivity contribution in [1.29, 1.82) is 0 Å². The van der Waals surface area contributed by atoms with E-state index in [-0.39, 0.29) is 0 Å². The van der Waals surface area contributed by atoms with Crippen LogP contribution in [0.1, 0.15) is 37.1 Å². The highest BCUT2D eigenvalue weighted by molar-refractivity contribution is 6.36. The number of halogens is 1. The number of rotatable bonds is 5. The van der Waals surface area contributed by atoms with Gasteiger partial charge in [-0.05, 0) is 37.3 Å². The third kappa shape index (κ3) is 3.29. The molecule has 0 unspecified atom stereocenters. The lowest BCUT2D eigenvalue weighted by Crippen LogP contribution is -2.33. The van der Waals surface area contributed by atoms with Crippen LogP contribution in [0, 0.1) is 0 Å². The fraction of sp³-hybridized carbons (Fsp3) is 0.400. The van der Waals surface area contributed by atoms with Crippen molar-refractivity contribution in [2.75, 3.05) is 24.6 Å². The van der Waals surface area contributed by atoms with Gasteiger partial charge in [0.2, 0.25) is 0 Å². The zero-order valence-corrected chi connectivity index (χ0v) is 15.7. The largest absolute Gasteiger partial charge is 0.374 e. The van der Waals surface area contributed by atoms with Gasteiger partial charge in [-0.3, -0.25) is 4.40 Å². The van der Waals surface area contributed by atoms with Crippen molar-refractivity contribution in [2.24, 2.45) is 0 Å². The number of piperidine rings is 1. The lowest BCUT2D eigenvalue weighted by atomic mass is 9.89. The molecule has 26 heavy (non-hydrogen) atoms. The van der Waals surface area contributed by atoms with Crippen LogP contribution in [-0.4, -0.2) is 34.3 Å². The molecule has 0 amide bonds. The molecule has 136 valence electrons. The molecule has 5 nitrogen and oxygen atoms in total. The Morgan fingerprint density at radius 1 is 1.12 bits per heavy atom. The van der Waals surface area contributed by atoms with E-state index in [1.54, 1.807) is 0 Å². The Morgan fingerprint density at radius 2 is 1.88 bits per heavy atom. The lowest BCUT2D eigenvalue weighted by Gasteiger charge is -2.34. The molecule has 1 aliphatic rings. The molecule has 1 aromatic carbocycles. The SMILES string of the molecule is CCOCc1nnc2c(Cl)c(N3CCC(c4ccccc4)CC3)ccn12. The van der Waals surface area contributed by atoms with E-state index in [1.165, 1.54) is 5.56 Å². The average molecular weight is 371 g/mol. The van der Waals surface area contributed by atoms with Crippen LogP contribution < -0.4 is 4.90 Å². The van der Waals surface area contributed by atoms with Crippen LogP contribution >= 0.6 is 11.6 Å². The van der Waals surface area contributed by atoms with Crippen molar-refractivity contribution in [1.82, 2.24) is 14.6 Å². The van der Waals surface area contributed by atoms with Crippen molar-refractivity contribution < 1.29 is 4.74 Å². The van der Waals surface area contributed by atoms with Crippen molar-refractivity contribution in [3.63, 3.8) is 0 Å². The molecule has 0 atom stereocenters. The molecule has 1 saturated heterocycles. The van der Waals surface area contributed by atoms with Crippen LogP contribution in [0.3, 0.4) is 0 Å². The number of benzene rings is 1. The Labute approximate surface area is 158 Å². The van der Waals surface area contributed by atoms with Gasteiger partial charge in [-0.1, -0.05) is 41.9 Å². The minimum atomic E-state index is 0.440. The fourth-order valence-electron chi connectivity index (χ4n) is 3.68. The molecule has 0 N–H and O–H groups in total. The van der Waals surface area contributed by atoms with E-state index >= 15 is 0 Å². The molecule has 3 aromatic rings. The first-order valence-electron chi connectivity index (χ1n) is 9.17. The van der Waals surface area contributed by atoms with Gasteiger partial charge in [-0.15, -0.1) is 10.2 Å². The Balaban J connectivity index is 1.52. The molecule has 1 aliphatic heterocycles. The smallest absolute Gasteiger partial charge is 0.181 e. The molecule has 0 radical (unpaired) electrons. The van der Waals surface area contributed by atoms with Gasteiger partial charge in [-0.25, -0.2) is 0 Å². The second kappa shape index (κ2) is 7.64. The number of anilines is 1. The van der Waals surface area contributed by atoms with Crippen molar-refractivity contribution in [2.45, 2.75) is 32.3 Å². The molecule has 0 spiro atoms. The van der Waals surface area contributed by atoms with E-state index in [9.17, 15) is 0 Å². The normalized spacial score (nSPS) is 15.7. The molecule has 0 saturated carbocycles. The zero-order chi connectivity index (χ0) is 17.9. The summed E-state index contributed by atoms with van der Waals surface area (Å²) in [4.78, 5) is 2.36. The first kappa shape index (κ1) is 17.3.